The zero-order valence-corrected chi connectivity index (χ0v) is 10.8. The Morgan fingerprint density at radius 1 is 0.947 bits per heavy atom. The molecular formula is C14H11ClN4. The van der Waals surface area contributed by atoms with Gasteiger partial charge in [0.05, 0.1) is 11.6 Å². The molecule has 0 unspecified atom stereocenters. The van der Waals surface area contributed by atoms with Crippen molar-refractivity contribution < 1.29 is 0 Å². The lowest BCUT2D eigenvalue weighted by Gasteiger charge is -2.09. The molecule has 1 heterocycles. The summed E-state index contributed by atoms with van der Waals surface area (Å²) in [7, 11) is 0. The summed E-state index contributed by atoms with van der Waals surface area (Å²) in [5.74, 6) is 0.904. The number of rotatable bonds is 3. The highest BCUT2D eigenvalue weighted by molar-refractivity contribution is 6.16. The first kappa shape index (κ1) is 11.9. The minimum absolute atomic E-state index is 0.274. The van der Waals surface area contributed by atoms with Crippen molar-refractivity contribution >= 4 is 11.6 Å². The summed E-state index contributed by atoms with van der Waals surface area (Å²) in [4.78, 5) is 0. The summed E-state index contributed by atoms with van der Waals surface area (Å²) < 4.78 is 1.68. The topological polar surface area (TPSA) is 43.6 Å². The van der Waals surface area contributed by atoms with Crippen LogP contribution in [0.5, 0.6) is 0 Å². The van der Waals surface area contributed by atoms with Crippen molar-refractivity contribution in [2.24, 2.45) is 0 Å². The molecule has 0 atom stereocenters. The van der Waals surface area contributed by atoms with Crippen LogP contribution in [0, 0.1) is 0 Å². The van der Waals surface area contributed by atoms with Gasteiger partial charge < -0.3 is 0 Å². The average Bonchev–Trinajstić information content (AvgIpc) is 2.96. The summed E-state index contributed by atoms with van der Waals surface area (Å²) >= 11 is 5.86. The van der Waals surface area contributed by atoms with Crippen LogP contribution in [0.3, 0.4) is 0 Å². The second-order valence-corrected chi connectivity index (χ2v) is 4.29. The molecule has 0 aliphatic rings. The molecule has 3 rings (SSSR count). The van der Waals surface area contributed by atoms with Gasteiger partial charge in [-0.2, -0.15) is 4.68 Å². The van der Waals surface area contributed by atoms with Crippen molar-refractivity contribution in [3.05, 3.63) is 60.4 Å². The number of benzene rings is 2. The third-order valence-electron chi connectivity index (χ3n) is 2.87. The van der Waals surface area contributed by atoms with Crippen LogP contribution in [0.25, 0.3) is 16.8 Å². The molecule has 0 bridgehead atoms. The van der Waals surface area contributed by atoms with Gasteiger partial charge in [-0.3, -0.25) is 0 Å². The van der Waals surface area contributed by atoms with E-state index in [0.717, 1.165) is 16.8 Å². The SMILES string of the molecule is ClCc1nnnn1-c1ccccc1-c1ccccc1. The van der Waals surface area contributed by atoms with Crippen molar-refractivity contribution in [3.63, 3.8) is 0 Å². The molecule has 0 aliphatic carbocycles. The molecular weight excluding hydrogens is 260 g/mol. The fourth-order valence-corrected chi connectivity index (χ4v) is 2.16. The zero-order chi connectivity index (χ0) is 13.1. The van der Waals surface area contributed by atoms with E-state index in [1.165, 1.54) is 0 Å². The molecule has 0 aliphatic heterocycles. The predicted octanol–water partition coefficient (Wildman–Crippen LogP) is 3.07. The Labute approximate surface area is 115 Å². The Balaban J connectivity index is 2.18. The number of tetrazole rings is 1. The van der Waals surface area contributed by atoms with Gasteiger partial charge in [0.2, 0.25) is 0 Å². The van der Waals surface area contributed by atoms with Gasteiger partial charge in [0.25, 0.3) is 0 Å². The minimum Gasteiger partial charge on any atom is -0.195 e. The van der Waals surface area contributed by atoms with Crippen molar-refractivity contribution in [3.8, 4) is 16.8 Å². The van der Waals surface area contributed by atoms with Crippen LogP contribution in [0.2, 0.25) is 0 Å². The van der Waals surface area contributed by atoms with Gasteiger partial charge >= 0.3 is 0 Å². The van der Waals surface area contributed by atoms with E-state index in [4.69, 9.17) is 11.6 Å². The molecule has 94 valence electrons. The van der Waals surface area contributed by atoms with Gasteiger partial charge in [-0.05, 0) is 22.1 Å². The number of halogens is 1. The molecule has 0 saturated heterocycles. The number of nitrogens with zero attached hydrogens (tertiary/aromatic N) is 4. The van der Waals surface area contributed by atoms with E-state index in [-0.39, 0.29) is 5.88 Å². The first-order valence-corrected chi connectivity index (χ1v) is 6.41. The van der Waals surface area contributed by atoms with Crippen LogP contribution >= 0.6 is 11.6 Å². The van der Waals surface area contributed by atoms with Crippen LogP contribution in [-0.2, 0) is 5.88 Å². The molecule has 4 nitrogen and oxygen atoms in total. The molecule has 0 amide bonds. The first-order valence-electron chi connectivity index (χ1n) is 5.88. The maximum Gasteiger partial charge on any atom is 0.171 e. The number of aromatic nitrogens is 4. The Kier molecular flexibility index (Phi) is 3.25. The Morgan fingerprint density at radius 3 is 2.47 bits per heavy atom. The summed E-state index contributed by atoms with van der Waals surface area (Å²) in [5.41, 5.74) is 3.12. The third kappa shape index (κ3) is 2.22. The van der Waals surface area contributed by atoms with Gasteiger partial charge in [0.1, 0.15) is 0 Å². The number of para-hydroxylation sites is 1. The number of alkyl halides is 1. The molecule has 3 aromatic rings. The molecule has 0 radical (unpaired) electrons. The van der Waals surface area contributed by atoms with E-state index in [2.05, 4.69) is 27.7 Å². The quantitative estimate of drug-likeness (QED) is 0.687. The van der Waals surface area contributed by atoms with Crippen LogP contribution in [0.1, 0.15) is 5.82 Å². The van der Waals surface area contributed by atoms with Gasteiger partial charge in [0.15, 0.2) is 5.82 Å². The number of hydrogen-bond acceptors (Lipinski definition) is 3. The Morgan fingerprint density at radius 2 is 1.68 bits per heavy atom. The Hall–Kier alpha value is -2.20. The Bertz CT molecular complexity index is 679. The van der Waals surface area contributed by atoms with E-state index in [9.17, 15) is 0 Å². The van der Waals surface area contributed by atoms with E-state index in [1.54, 1.807) is 4.68 Å². The average molecular weight is 271 g/mol. The molecule has 5 heteroatoms. The first-order chi connectivity index (χ1) is 9.40. The summed E-state index contributed by atoms with van der Waals surface area (Å²) in [6.45, 7) is 0. The van der Waals surface area contributed by atoms with E-state index in [1.807, 2.05) is 42.5 Å². The molecule has 0 spiro atoms. The lowest BCUT2D eigenvalue weighted by Crippen LogP contribution is -2.03. The summed E-state index contributed by atoms with van der Waals surface area (Å²) in [6.07, 6.45) is 0. The van der Waals surface area contributed by atoms with Crippen molar-refractivity contribution in [2.75, 3.05) is 0 Å². The fourth-order valence-electron chi connectivity index (χ4n) is 2.00. The fraction of sp³-hybridized carbons (Fsp3) is 0.0714. The minimum atomic E-state index is 0.274. The summed E-state index contributed by atoms with van der Waals surface area (Å²) in [6, 6.07) is 18.1. The van der Waals surface area contributed by atoms with Gasteiger partial charge in [-0.15, -0.1) is 16.7 Å². The molecule has 2 aromatic carbocycles. The molecule has 0 fully saturated rings. The van der Waals surface area contributed by atoms with Gasteiger partial charge in [0, 0.05) is 5.56 Å². The monoisotopic (exact) mass is 270 g/mol. The summed E-state index contributed by atoms with van der Waals surface area (Å²) in [5, 5.41) is 11.6. The van der Waals surface area contributed by atoms with Crippen molar-refractivity contribution in [1.29, 1.82) is 0 Å². The van der Waals surface area contributed by atoms with Crippen LogP contribution in [0.15, 0.2) is 54.6 Å². The van der Waals surface area contributed by atoms with Crippen molar-refractivity contribution in [1.82, 2.24) is 20.2 Å². The number of hydrogen-bond donors (Lipinski definition) is 0. The normalized spacial score (nSPS) is 10.6. The third-order valence-corrected chi connectivity index (χ3v) is 3.11. The lowest BCUT2D eigenvalue weighted by molar-refractivity contribution is 0.778. The van der Waals surface area contributed by atoms with Crippen LogP contribution in [-0.4, -0.2) is 20.2 Å². The van der Waals surface area contributed by atoms with Crippen molar-refractivity contribution in [2.45, 2.75) is 5.88 Å². The highest BCUT2D eigenvalue weighted by atomic mass is 35.5. The maximum atomic E-state index is 5.86. The van der Waals surface area contributed by atoms with E-state index >= 15 is 0 Å². The highest BCUT2D eigenvalue weighted by Crippen LogP contribution is 2.26. The van der Waals surface area contributed by atoms with Crippen LogP contribution in [0.4, 0.5) is 0 Å². The highest BCUT2D eigenvalue weighted by Gasteiger charge is 2.11. The second-order valence-electron chi connectivity index (χ2n) is 4.02. The largest absolute Gasteiger partial charge is 0.195 e. The van der Waals surface area contributed by atoms with E-state index in [0.29, 0.717) is 5.82 Å². The molecule has 0 N–H and O–H groups in total. The molecule has 0 saturated carbocycles. The van der Waals surface area contributed by atoms with Gasteiger partial charge in [-0.1, -0.05) is 48.5 Å². The second kappa shape index (κ2) is 5.20. The molecule has 1 aromatic heterocycles. The van der Waals surface area contributed by atoms with E-state index < -0.39 is 0 Å². The zero-order valence-electron chi connectivity index (χ0n) is 10.1. The maximum absolute atomic E-state index is 5.86. The lowest BCUT2D eigenvalue weighted by atomic mass is 10.0. The predicted molar refractivity (Wildman–Crippen MR) is 74.1 cm³/mol. The standard InChI is InChI=1S/C14H11ClN4/c15-10-14-16-17-18-19(14)13-9-5-4-8-12(13)11-6-2-1-3-7-11/h1-9H,10H2. The van der Waals surface area contributed by atoms with Gasteiger partial charge in [-0.25, -0.2) is 0 Å². The smallest absolute Gasteiger partial charge is 0.171 e. The van der Waals surface area contributed by atoms with Crippen LogP contribution < -0.4 is 0 Å². The molecule has 19 heavy (non-hydrogen) atoms.